The van der Waals surface area contributed by atoms with E-state index in [1.54, 1.807) is 0 Å². The number of hydrogen-bond acceptors (Lipinski definition) is 1. The van der Waals surface area contributed by atoms with Crippen LogP contribution in [-0.2, 0) is 4.79 Å². The van der Waals surface area contributed by atoms with Crippen molar-refractivity contribution in [3.8, 4) is 0 Å². The molecule has 1 aliphatic rings. The fourth-order valence-electron chi connectivity index (χ4n) is 1.24. The van der Waals surface area contributed by atoms with Crippen molar-refractivity contribution in [2.24, 2.45) is 0 Å². The lowest BCUT2D eigenvalue weighted by Gasteiger charge is -1.94. The third-order valence-electron chi connectivity index (χ3n) is 1.77. The molecular weight excluding hydrogens is 112 g/mol. The first-order chi connectivity index (χ1) is 4.22. The molecule has 0 spiro atoms. The van der Waals surface area contributed by atoms with Gasteiger partial charge < -0.3 is 0 Å². The summed E-state index contributed by atoms with van der Waals surface area (Å²) in [4.78, 5) is 11.0. The van der Waals surface area contributed by atoms with Crippen molar-refractivity contribution in [2.45, 2.75) is 33.1 Å². The van der Waals surface area contributed by atoms with Crippen LogP contribution in [0.4, 0.5) is 0 Å². The predicted molar refractivity (Wildman–Crippen MR) is 37.2 cm³/mol. The minimum absolute atomic E-state index is 0.370. The fraction of sp³-hybridized carbons (Fsp3) is 0.625. The highest BCUT2D eigenvalue weighted by molar-refractivity contribution is 5.97. The molecule has 1 saturated carbocycles. The zero-order valence-corrected chi connectivity index (χ0v) is 6.03. The molecule has 0 bridgehead atoms. The van der Waals surface area contributed by atoms with Crippen LogP contribution in [0, 0.1) is 0 Å². The number of carbonyl (C=O) groups excluding carboxylic acids is 1. The van der Waals surface area contributed by atoms with Gasteiger partial charge in [0, 0.05) is 6.42 Å². The highest BCUT2D eigenvalue weighted by atomic mass is 16.1. The van der Waals surface area contributed by atoms with Gasteiger partial charge in [0.2, 0.25) is 0 Å². The minimum atomic E-state index is 0.370. The first-order valence-corrected chi connectivity index (χ1v) is 3.41. The van der Waals surface area contributed by atoms with Crippen molar-refractivity contribution in [1.29, 1.82) is 0 Å². The van der Waals surface area contributed by atoms with E-state index in [-0.39, 0.29) is 0 Å². The molecule has 1 heteroatoms. The number of allylic oxidation sites excluding steroid dienone is 2. The molecule has 1 aliphatic carbocycles. The Morgan fingerprint density at radius 1 is 1.33 bits per heavy atom. The Labute approximate surface area is 55.8 Å². The molecule has 50 valence electrons. The highest BCUT2D eigenvalue weighted by Crippen LogP contribution is 2.22. The molecule has 0 unspecified atom stereocenters. The van der Waals surface area contributed by atoms with Crippen LogP contribution in [0.5, 0.6) is 0 Å². The second kappa shape index (κ2) is 2.34. The van der Waals surface area contributed by atoms with E-state index in [9.17, 15) is 4.79 Å². The highest BCUT2D eigenvalue weighted by Gasteiger charge is 2.16. The van der Waals surface area contributed by atoms with Crippen molar-refractivity contribution in [1.82, 2.24) is 0 Å². The zero-order chi connectivity index (χ0) is 6.85. The second-order valence-electron chi connectivity index (χ2n) is 2.76. The standard InChI is InChI=1S/C8H12O/c1-6(2)7-4-3-5-8(7)9/h3-5H2,1-2H3. The average molecular weight is 124 g/mol. The van der Waals surface area contributed by atoms with Crippen LogP contribution in [0.2, 0.25) is 0 Å². The summed E-state index contributed by atoms with van der Waals surface area (Å²) in [6.07, 6.45) is 2.86. The van der Waals surface area contributed by atoms with E-state index in [2.05, 4.69) is 0 Å². The van der Waals surface area contributed by atoms with Crippen LogP contribution in [0.25, 0.3) is 0 Å². The minimum Gasteiger partial charge on any atom is -0.295 e. The average Bonchev–Trinajstić information content (AvgIpc) is 2.13. The molecule has 1 nitrogen and oxygen atoms in total. The van der Waals surface area contributed by atoms with Crippen LogP contribution in [0.3, 0.4) is 0 Å². The summed E-state index contributed by atoms with van der Waals surface area (Å²) in [6, 6.07) is 0. The molecule has 0 aromatic rings. The summed E-state index contributed by atoms with van der Waals surface area (Å²) in [5, 5.41) is 0. The molecular formula is C8H12O. The van der Waals surface area contributed by atoms with Gasteiger partial charge >= 0.3 is 0 Å². The number of carbonyl (C=O) groups is 1. The van der Waals surface area contributed by atoms with Gasteiger partial charge in [-0.3, -0.25) is 4.79 Å². The summed E-state index contributed by atoms with van der Waals surface area (Å²) in [5.74, 6) is 0.370. The summed E-state index contributed by atoms with van der Waals surface area (Å²) in [5.41, 5.74) is 2.28. The van der Waals surface area contributed by atoms with Crippen molar-refractivity contribution in [3.63, 3.8) is 0 Å². The van der Waals surface area contributed by atoms with Crippen LogP contribution < -0.4 is 0 Å². The van der Waals surface area contributed by atoms with E-state index < -0.39 is 0 Å². The lowest BCUT2D eigenvalue weighted by atomic mass is 10.1. The molecule has 0 N–H and O–H groups in total. The molecule has 0 aromatic carbocycles. The van der Waals surface area contributed by atoms with Crippen LogP contribution in [0.15, 0.2) is 11.1 Å². The van der Waals surface area contributed by atoms with Crippen LogP contribution in [0.1, 0.15) is 33.1 Å². The molecule has 9 heavy (non-hydrogen) atoms. The first-order valence-electron chi connectivity index (χ1n) is 3.41. The Kier molecular flexibility index (Phi) is 1.70. The summed E-state index contributed by atoms with van der Waals surface area (Å²) < 4.78 is 0. The van der Waals surface area contributed by atoms with Gasteiger partial charge in [0.05, 0.1) is 0 Å². The monoisotopic (exact) mass is 124 g/mol. The van der Waals surface area contributed by atoms with Gasteiger partial charge in [-0.05, 0) is 32.3 Å². The third-order valence-corrected chi connectivity index (χ3v) is 1.77. The molecule has 0 amide bonds. The van der Waals surface area contributed by atoms with Gasteiger partial charge in [-0.2, -0.15) is 0 Å². The number of hydrogen-bond donors (Lipinski definition) is 0. The van der Waals surface area contributed by atoms with E-state index in [0.29, 0.717) is 5.78 Å². The molecule has 0 heterocycles. The van der Waals surface area contributed by atoms with Gasteiger partial charge in [0.1, 0.15) is 0 Å². The molecule has 0 radical (unpaired) electrons. The molecule has 1 rings (SSSR count). The molecule has 0 aliphatic heterocycles. The Morgan fingerprint density at radius 2 is 2.00 bits per heavy atom. The number of rotatable bonds is 0. The largest absolute Gasteiger partial charge is 0.295 e. The lowest BCUT2D eigenvalue weighted by Crippen LogP contribution is -1.92. The molecule has 0 aromatic heterocycles. The van der Waals surface area contributed by atoms with Crippen molar-refractivity contribution >= 4 is 5.78 Å². The number of Topliss-reactive ketones (excluding diaryl/α,β-unsaturated/α-hetero) is 1. The van der Waals surface area contributed by atoms with Gasteiger partial charge in [-0.15, -0.1) is 0 Å². The van der Waals surface area contributed by atoms with Crippen LogP contribution in [-0.4, -0.2) is 5.78 Å². The van der Waals surface area contributed by atoms with Crippen molar-refractivity contribution < 1.29 is 4.79 Å². The van der Waals surface area contributed by atoms with Crippen LogP contribution >= 0.6 is 0 Å². The third kappa shape index (κ3) is 1.21. The Balaban J connectivity index is 2.83. The van der Waals surface area contributed by atoms with Crippen molar-refractivity contribution in [3.05, 3.63) is 11.1 Å². The van der Waals surface area contributed by atoms with Gasteiger partial charge in [0.15, 0.2) is 5.78 Å². The topological polar surface area (TPSA) is 17.1 Å². The lowest BCUT2D eigenvalue weighted by molar-refractivity contribution is -0.114. The van der Waals surface area contributed by atoms with Crippen molar-refractivity contribution in [2.75, 3.05) is 0 Å². The molecule has 0 saturated heterocycles. The Bertz CT molecular complexity index is 161. The number of ketones is 1. The molecule has 0 atom stereocenters. The molecule has 1 fully saturated rings. The van der Waals surface area contributed by atoms with E-state index in [4.69, 9.17) is 0 Å². The normalized spacial score (nSPS) is 18.9. The maximum atomic E-state index is 11.0. The maximum Gasteiger partial charge on any atom is 0.158 e. The Morgan fingerprint density at radius 3 is 2.22 bits per heavy atom. The summed E-state index contributed by atoms with van der Waals surface area (Å²) in [7, 11) is 0. The fourth-order valence-corrected chi connectivity index (χ4v) is 1.24. The Hall–Kier alpha value is -0.590. The summed E-state index contributed by atoms with van der Waals surface area (Å²) in [6.45, 7) is 4.02. The smallest absolute Gasteiger partial charge is 0.158 e. The van der Waals surface area contributed by atoms with E-state index in [1.165, 1.54) is 5.57 Å². The van der Waals surface area contributed by atoms with E-state index in [0.717, 1.165) is 24.8 Å². The predicted octanol–water partition coefficient (Wildman–Crippen LogP) is 2.08. The second-order valence-corrected chi connectivity index (χ2v) is 2.76. The maximum absolute atomic E-state index is 11.0. The SMILES string of the molecule is CC(C)=C1CCCC1=O. The quantitative estimate of drug-likeness (QED) is 0.452. The van der Waals surface area contributed by atoms with E-state index in [1.807, 2.05) is 13.8 Å². The zero-order valence-electron chi connectivity index (χ0n) is 6.03. The summed E-state index contributed by atoms with van der Waals surface area (Å²) >= 11 is 0. The first kappa shape index (κ1) is 6.53. The van der Waals surface area contributed by atoms with Gasteiger partial charge in [-0.25, -0.2) is 0 Å². The van der Waals surface area contributed by atoms with Gasteiger partial charge in [-0.1, -0.05) is 5.57 Å². The van der Waals surface area contributed by atoms with E-state index >= 15 is 0 Å². The van der Waals surface area contributed by atoms with Gasteiger partial charge in [0.25, 0.3) is 0 Å².